The first-order valence-electron chi connectivity index (χ1n) is 6.17. The van der Waals surface area contributed by atoms with Gasteiger partial charge in [-0.15, -0.1) is 11.6 Å². The van der Waals surface area contributed by atoms with Gasteiger partial charge in [0.2, 0.25) is 0 Å². The molecule has 0 aliphatic heterocycles. The normalized spacial score (nSPS) is 11.3. The molecule has 19 heavy (non-hydrogen) atoms. The van der Waals surface area contributed by atoms with Gasteiger partial charge in [0.25, 0.3) is 0 Å². The summed E-state index contributed by atoms with van der Waals surface area (Å²) in [5.74, 6) is 2.27. The molecular formula is C14H15ClN4. The summed E-state index contributed by atoms with van der Waals surface area (Å²) in [5, 5.41) is 0. The van der Waals surface area contributed by atoms with E-state index in [-0.39, 0.29) is 0 Å². The summed E-state index contributed by atoms with van der Waals surface area (Å²) in [4.78, 5) is 8.94. The fourth-order valence-corrected chi connectivity index (χ4v) is 2.46. The molecule has 0 spiro atoms. The lowest BCUT2D eigenvalue weighted by Gasteiger charge is -2.08. The molecule has 2 heterocycles. The molecule has 0 aliphatic rings. The van der Waals surface area contributed by atoms with E-state index in [2.05, 4.69) is 33.6 Å². The Morgan fingerprint density at radius 3 is 2.79 bits per heavy atom. The maximum absolute atomic E-state index is 6.01. The average Bonchev–Trinajstić information content (AvgIpc) is 2.95. The van der Waals surface area contributed by atoms with E-state index in [1.165, 1.54) is 5.56 Å². The van der Waals surface area contributed by atoms with E-state index in [4.69, 9.17) is 11.6 Å². The lowest BCUT2D eigenvalue weighted by Crippen LogP contribution is -2.08. The van der Waals surface area contributed by atoms with Gasteiger partial charge < -0.3 is 9.13 Å². The van der Waals surface area contributed by atoms with Crippen molar-refractivity contribution in [3.8, 4) is 0 Å². The number of hydrogen-bond donors (Lipinski definition) is 0. The number of aromatic nitrogens is 4. The first kappa shape index (κ1) is 12.2. The standard InChI is InChI=1S/C14H15ClN4/c1-10-3-4-11-12(7-10)19(13(8-15)17-11)9-14-16-5-6-18(14)2/h3-7H,8-9H2,1-2H3. The Hall–Kier alpha value is -1.81. The highest BCUT2D eigenvalue weighted by atomic mass is 35.5. The average molecular weight is 275 g/mol. The lowest BCUT2D eigenvalue weighted by atomic mass is 10.2. The van der Waals surface area contributed by atoms with Crippen LogP contribution in [0.25, 0.3) is 11.0 Å². The summed E-state index contributed by atoms with van der Waals surface area (Å²) in [6.07, 6.45) is 3.75. The van der Waals surface area contributed by atoms with Gasteiger partial charge in [0.15, 0.2) is 0 Å². The predicted molar refractivity (Wildman–Crippen MR) is 76.3 cm³/mol. The van der Waals surface area contributed by atoms with Crippen molar-refractivity contribution < 1.29 is 0 Å². The summed E-state index contributed by atoms with van der Waals surface area (Å²) in [5.41, 5.74) is 3.31. The maximum atomic E-state index is 6.01. The van der Waals surface area contributed by atoms with Crippen LogP contribution in [0.1, 0.15) is 17.2 Å². The van der Waals surface area contributed by atoms with E-state index in [9.17, 15) is 0 Å². The van der Waals surface area contributed by atoms with Gasteiger partial charge in [-0.1, -0.05) is 6.07 Å². The molecule has 4 nitrogen and oxygen atoms in total. The van der Waals surface area contributed by atoms with Crippen molar-refractivity contribution in [1.29, 1.82) is 0 Å². The fraction of sp³-hybridized carbons (Fsp3) is 0.286. The molecule has 0 atom stereocenters. The van der Waals surface area contributed by atoms with Gasteiger partial charge in [-0.05, 0) is 24.6 Å². The number of rotatable bonds is 3. The summed E-state index contributed by atoms with van der Waals surface area (Å²) in [6.45, 7) is 2.77. The molecule has 5 heteroatoms. The minimum absolute atomic E-state index is 0.401. The van der Waals surface area contributed by atoms with E-state index in [0.717, 1.165) is 22.7 Å². The van der Waals surface area contributed by atoms with Crippen molar-refractivity contribution in [2.45, 2.75) is 19.3 Å². The molecular weight excluding hydrogens is 260 g/mol. The quantitative estimate of drug-likeness (QED) is 0.689. The molecule has 0 saturated carbocycles. The smallest absolute Gasteiger partial charge is 0.128 e. The SMILES string of the molecule is Cc1ccc2nc(CCl)n(Cc3nccn3C)c2c1. The summed E-state index contributed by atoms with van der Waals surface area (Å²) < 4.78 is 4.15. The summed E-state index contributed by atoms with van der Waals surface area (Å²) in [6, 6.07) is 6.25. The van der Waals surface area contributed by atoms with E-state index >= 15 is 0 Å². The molecule has 0 bridgehead atoms. The zero-order valence-electron chi connectivity index (χ0n) is 11.0. The number of fused-ring (bicyclic) bond motifs is 1. The molecule has 0 fully saturated rings. The van der Waals surface area contributed by atoms with Crippen LogP contribution in [0.4, 0.5) is 0 Å². The topological polar surface area (TPSA) is 35.6 Å². The number of imidazole rings is 2. The second-order valence-electron chi connectivity index (χ2n) is 4.69. The van der Waals surface area contributed by atoms with Crippen molar-refractivity contribution in [3.63, 3.8) is 0 Å². The van der Waals surface area contributed by atoms with Crippen LogP contribution < -0.4 is 0 Å². The Morgan fingerprint density at radius 2 is 2.11 bits per heavy atom. The van der Waals surface area contributed by atoms with Crippen molar-refractivity contribution in [3.05, 3.63) is 47.8 Å². The molecule has 1 aromatic carbocycles. The summed E-state index contributed by atoms with van der Waals surface area (Å²) >= 11 is 6.01. The Bertz CT molecular complexity index is 726. The van der Waals surface area contributed by atoms with Crippen molar-refractivity contribution in [2.24, 2.45) is 7.05 Å². The van der Waals surface area contributed by atoms with E-state index < -0.39 is 0 Å². The van der Waals surface area contributed by atoms with Gasteiger partial charge in [0, 0.05) is 19.4 Å². The van der Waals surface area contributed by atoms with Gasteiger partial charge in [0.05, 0.1) is 23.5 Å². The molecule has 3 aromatic rings. The second kappa shape index (κ2) is 4.70. The van der Waals surface area contributed by atoms with Gasteiger partial charge in [-0.2, -0.15) is 0 Å². The van der Waals surface area contributed by atoms with E-state index in [0.29, 0.717) is 12.4 Å². The van der Waals surface area contributed by atoms with E-state index in [1.54, 1.807) is 6.20 Å². The molecule has 0 N–H and O–H groups in total. The third-order valence-electron chi connectivity index (χ3n) is 3.32. The Balaban J connectivity index is 2.15. The van der Waals surface area contributed by atoms with Crippen LogP contribution in [-0.4, -0.2) is 19.1 Å². The van der Waals surface area contributed by atoms with E-state index in [1.807, 2.05) is 23.9 Å². The highest BCUT2D eigenvalue weighted by Gasteiger charge is 2.12. The largest absolute Gasteiger partial charge is 0.337 e. The number of benzene rings is 1. The molecule has 0 amide bonds. The zero-order valence-corrected chi connectivity index (χ0v) is 11.7. The molecule has 2 aromatic heterocycles. The van der Waals surface area contributed by atoms with Crippen LogP contribution in [0.2, 0.25) is 0 Å². The first-order chi connectivity index (χ1) is 9.19. The van der Waals surface area contributed by atoms with Crippen LogP contribution >= 0.6 is 11.6 Å². The van der Waals surface area contributed by atoms with Crippen molar-refractivity contribution >= 4 is 22.6 Å². The first-order valence-corrected chi connectivity index (χ1v) is 6.70. The zero-order chi connectivity index (χ0) is 13.4. The molecule has 98 valence electrons. The van der Waals surface area contributed by atoms with Crippen LogP contribution in [0.3, 0.4) is 0 Å². The number of alkyl halides is 1. The summed E-state index contributed by atoms with van der Waals surface area (Å²) in [7, 11) is 1.99. The minimum Gasteiger partial charge on any atom is -0.337 e. The van der Waals surface area contributed by atoms with Crippen LogP contribution in [-0.2, 0) is 19.5 Å². The number of nitrogens with zero attached hydrogens (tertiary/aromatic N) is 4. The van der Waals surface area contributed by atoms with Gasteiger partial charge in [-0.3, -0.25) is 0 Å². The Labute approximate surface area is 116 Å². The third kappa shape index (κ3) is 2.12. The van der Waals surface area contributed by atoms with Crippen molar-refractivity contribution in [1.82, 2.24) is 19.1 Å². The predicted octanol–water partition coefficient (Wildman–Crippen LogP) is 2.87. The van der Waals surface area contributed by atoms with Crippen molar-refractivity contribution in [2.75, 3.05) is 0 Å². The second-order valence-corrected chi connectivity index (χ2v) is 4.96. The highest BCUT2D eigenvalue weighted by molar-refractivity contribution is 6.16. The maximum Gasteiger partial charge on any atom is 0.128 e. The van der Waals surface area contributed by atoms with Crippen LogP contribution in [0, 0.1) is 6.92 Å². The lowest BCUT2D eigenvalue weighted by molar-refractivity contribution is 0.693. The monoisotopic (exact) mass is 274 g/mol. The molecule has 0 aliphatic carbocycles. The van der Waals surface area contributed by atoms with Gasteiger partial charge >= 0.3 is 0 Å². The molecule has 3 rings (SSSR count). The highest BCUT2D eigenvalue weighted by Crippen LogP contribution is 2.20. The van der Waals surface area contributed by atoms with Crippen LogP contribution in [0.5, 0.6) is 0 Å². The van der Waals surface area contributed by atoms with Crippen LogP contribution in [0.15, 0.2) is 30.6 Å². The molecule has 0 radical (unpaired) electrons. The van der Waals surface area contributed by atoms with Gasteiger partial charge in [0.1, 0.15) is 11.6 Å². The molecule has 0 unspecified atom stereocenters. The molecule has 0 saturated heterocycles. The number of halogens is 1. The Morgan fingerprint density at radius 1 is 1.26 bits per heavy atom. The number of hydrogen-bond acceptors (Lipinski definition) is 2. The number of aryl methyl sites for hydroxylation is 2. The van der Waals surface area contributed by atoms with Gasteiger partial charge in [-0.25, -0.2) is 9.97 Å². The minimum atomic E-state index is 0.401. The Kier molecular flexibility index (Phi) is 3.03. The fourth-order valence-electron chi connectivity index (χ4n) is 2.25. The third-order valence-corrected chi connectivity index (χ3v) is 3.56.